The molecule has 0 aromatic heterocycles. The first-order valence-corrected chi connectivity index (χ1v) is 5.88. The first kappa shape index (κ1) is 10.7. The van der Waals surface area contributed by atoms with E-state index in [1.807, 2.05) is 4.90 Å². The fourth-order valence-electron chi connectivity index (χ4n) is 2.63. The number of rotatable bonds is 2. The number of morpholine rings is 1. The van der Waals surface area contributed by atoms with Crippen LogP contribution in [0.15, 0.2) is 24.3 Å². The van der Waals surface area contributed by atoms with E-state index in [1.165, 1.54) is 12.1 Å². The maximum atomic E-state index is 13.0. The Kier molecular flexibility index (Phi) is 2.59. The number of carbonyl (C=O) groups excluding carboxylic acids is 1. The summed E-state index contributed by atoms with van der Waals surface area (Å²) in [4.78, 5) is 13.9. The van der Waals surface area contributed by atoms with Crippen LogP contribution in [0.3, 0.4) is 0 Å². The molecule has 0 N–H and O–H groups in total. The van der Waals surface area contributed by atoms with E-state index < -0.39 is 0 Å². The van der Waals surface area contributed by atoms with Gasteiger partial charge in [0.2, 0.25) is 5.91 Å². The molecular formula is C13H14FNO2. The van der Waals surface area contributed by atoms with Gasteiger partial charge in [-0.3, -0.25) is 4.79 Å². The SMILES string of the molecule is O=C(Cc1cccc(F)c1)N1C[C@H]2C[C@H]1CO2. The molecule has 2 aliphatic heterocycles. The predicted molar refractivity (Wildman–Crippen MR) is 60.0 cm³/mol. The number of amides is 1. The molecule has 0 saturated carbocycles. The number of fused-ring (bicyclic) bond motifs is 2. The number of benzene rings is 1. The molecule has 3 nitrogen and oxygen atoms in total. The van der Waals surface area contributed by atoms with Crippen molar-refractivity contribution in [3.63, 3.8) is 0 Å². The molecule has 2 heterocycles. The Labute approximate surface area is 99.2 Å². The number of halogens is 1. The molecule has 0 aliphatic carbocycles. The Morgan fingerprint density at radius 2 is 2.41 bits per heavy atom. The average molecular weight is 235 g/mol. The average Bonchev–Trinajstić information content (AvgIpc) is 2.90. The lowest BCUT2D eigenvalue weighted by molar-refractivity contribution is -0.134. The van der Waals surface area contributed by atoms with Crippen LogP contribution in [0.5, 0.6) is 0 Å². The summed E-state index contributed by atoms with van der Waals surface area (Å²) >= 11 is 0. The molecule has 3 rings (SSSR count). The molecule has 17 heavy (non-hydrogen) atoms. The van der Waals surface area contributed by atoms with Gasteiger partial charge in [-0.25, -0.2) is 4.39 Å². The van der Waals surface area contributed by atoms with Crippen LogP contribution in [-0.4, -0.2) is 36.1 Å². The molecule has 1 amide bonds. The van der Waals surface area contributed by atoms with Gasteiger partial charge in [-0.15, -0.1) is 0 Å². The van der Waals surface area contributed by atoms with Crippen molar-refractivity contribution in [2.24, 2.45) is 0 Å². The van der Waals surface area contributed by atoms with E-state index in [9.17, 15) is 9.18 Å². The van der Waals surface area contributed by atoms with Crippen molar-refractivity contribution < 1.29 is 13.9 Å². The highest BCUT2D eigenvalue weighted by atomic mass is 19.1. The molecule has 2 aliphatic rings. The van der Waals surface area contributed by atoms with Gasteiger partial charge in [-0.2, -0.15) is 0 Å². The number of likely N-dealkylation sites (tertiary alicyclic amines) is 1. The summed E-state index contributed by atoms with van der Waals surface area (Å²) in [5.74, 6) is -0.215. The predicted octanol–water partition coefficient (Wildman–Crippen LogP) is 1.37. The molecule has 0 spiro atoms. The molecule has 4 heteroatoms. The lowest BCUT2D eigenvalue weighted by atomic mass is 10.1. The van der Waals surface area contributed by atoms with E-state index in [-0.39, 0.29) is 30.3 Å². The molecule has 0 radical (unpaired) electrons. The summed E-state index contributed by atoms with van der Waals surface area (Å²) in [6.07, 6.45) is 1.45. The second kappa shape index (κ2) is 4.11. The van der Waals surface area contributed by atoms with E-state index in [2.05, 4.69) is 0 Å². The van der Waals surface area contributed by atoms with Crippen LogP contribution in [-0.2, 0) is 16.0 Å². The smallest absolute Gasteiger partial charge is 0.227 e. The van der Waals surface area contributed by atoms with Gasteiger partial charge in [-0.1, -0.05) is 12.1 Å². The Morgan fingerprint density at radius 1 is 1.53 bits per heavy atom. The highest BCUT2D eigenvalue weighted by molar-refractivity contribution is 5.79. The molecular weight excluding hydrogens is 221 g/mol. The van der Waals surface area contributed by atoms with Crippen LogP contribution in [0, 0.1) is 5.82 Å². The standard InChI is InChI=1S/C13H14FNO2/c14-10-3-1-2-9(4-10)5-13(16)15-7-12-6-11(15)8-17-12/h1-4,11-12H,5-8H2/t11-,12+/m0/s1. The normalized spacial score (nSPS) is 26.5. The van der Waals surface area contributed by atoms with E-state index in [4.69, 9.17) is 4.74 Å². The summed E-state index contributed by atoms with van der Waals surface area (Å²) in [6, 6.07) is 6.46. The van der Waals surface area contributed by atoms with Crippen LogP contribution in [0.1, 0.15) is 12.0 Å². The molecule has 0 unspecified atom stereocenters. The zero-order chi connectivity index (χ0) is 11.8. The maximum absolute atomic E-state index is 13.0. The Bertz CT molecular complexity index is 449. The Morgan fingerprint density at radius 3 is 3.06 bits per heavy atom. The zero-order valence-corrected chi connectivity index (χ0v) is 9.43. The van der Waals surface area contributed by atoms with E-state index in [0.717, 1.165) is 12.0 Å². The van der Waals surface area contributed by atoms with Gasteiger partial charge in [0.05, 0.1) is 25.2 Å². The summed E-state index contributed by atoms with van der Waals surface area (Å²) in [5.41, 5.74) is 0.735. The fraction of sp³-hybridized carbons (Fsp3) is 0.462. The van der Waals surface area contributed by atoms with Crippen LogP contribution in [0.4, 0.5) is 4.39 Å². The third kappa shape index (κ3) is 2.05. The number of nitrogens with zero attached hydrogens (tertiary/aromatic N) is 1. The summed E-state index contributed by atoms with van der Waals surface area (Å²) in [6.45, 7) is 1.35. The monoisotopic (exact) mass is 235 g/mol. The molecule has 2 fully saturated rings. The second-order valence-electron chi connectivity index (χ2n) is 4.70. The molecule has 2 saturated heterocycles. The Balaban J connectivity index is 1.68. The van der Waals surface area contributed by atoms with Gasteiger partial charge in [0.25, 0.3) is 0 Å². The van der Waals surface area contributed by atoms with Crippen LogP contribution in [0.25, 0.3) is 0 Å². The summed E-state index contributed by atoms with van der Waals surface area (Å²) in [5, 5.41) is 0. The van der Waals surface area contributed by atoms with Gasteiger partial charge in [0.15, 0.2) is 0 Å². The van der Waals surface area contributed by atoms with Crippen molar-refractivity contribution in [2.45, 2.75) is 25.0 Å². The minimum absolute atomic E-state index is 0.0754. The van der Waals surface area contributed by atoms with Gasteiger partial charge in [-0.05, 0) is 24.1 Å². The molecule has 1 aromatic carbocycles. The quantitative estimate of drug-likeness (QED) is 0.774. The molecule has 2 atom stereocenters. The van der Waals surface area contributed by atoms with Crippen LogP contribution >= 0.6 is 0 Å². The maximum Gasteiger partial charge on any atom is 0.227 e. The van der Waals surface area contributed by atoms with E-state index in [0.29, 0.717) is 13.2 Å². The number of hydrogen-bond acceptors (Lipinski definition) is 2. The zero-order valence-electron chi connectivity index (χ0n) is 9.43. The fourth-order valence-corrected chi connectivity index (χ4v) is 2.63. The van der Waals surface area contributed by atoms with Gasteiger partial charge in [0, 0.05) is 6.54 Å². The Hall–Kier alpha value is -1.42. The largest absolute Gasteiger partial charge is 0.374 e. The first-order valence-electron chi connectivity index (χ1n) is 5.88. The lowest BCUT2D eigenvalue weighted by Crippen LogP contribution is -2.42. The lowest BCUT2D eigenvalue weighted by Gasteiger charge is -2.26. The minimum atomic E-state index is -0.290. The van der Waals surface area contributed by atoms with Crippen LogP contribution < -0.4 is 0 Å². The van der Waals surface area contributed by atoms with Crippen molar-refractivity contribution in [3.05, 3.63) is 35.6 Å². The van der Waals surface area contributed by atoms with Gasteiger partial charge < -0.3 is 9.64 Å². The third-order valence-electron chi connectivity index (χ3n) is 3.47. The topological polar surface area (TPSA) is 29.5 Å². The van der Waals surface area contributed by atoms with Crippen molar-refractivity contribution in [3.8, 4) is 0 Å². The second-order valence-corrected chi connectivity index (χ2v) is 4.70. The van der Waals surface area contributed by atoms with E-state index >= 15 is 0 Å². The first-order chi connectivity index (χ1) is 8.22. The molecule has 2 bridgehead atoms. The number of hydrogen-bond donors (Lipinski definition) is 0. The minimum Gasteiger partial charge on any atom is -0.374 e. The van der Waals surface area contributed by atoms with Crippen molar-refractivity contribution >= 4 is 5.91 Å². The highest BCUT2D eigenvalue weighted by Gasteiger charge is 2.41. The van der Waals surface area contributed by atoms with Gasteiger partial charge in [0.1, 0.15) is 5.82 Å². The van der Waals surface area contributed by atoms with Crippen LogP contribution in [0.2, 0.25) is 0 Å². The van der Waals surface area contributed by atoms with Crippen molar-refractivity contribution in [1.82, 2.24) is 4.90 Å². The number of ether oxygens (including phenoxy) is 1. The van der Waals surface area contributed by atoms with Crippen molar-refractivity contribution in [1.29, 1.82) is 0 Å². The third-order valence-corrected chi connectivity index (χ3v) is 3.47. The summed E-state index contributed by atoms with van der Waals surface area (Å²) in [7, 11) is 0. The highest BCUT2D eigenvalue weighted by Crippen LogP contribution is 2.28. The van der Waals surface area contributed by atoms with E-state index in [1.54, 1.807) is 12.1 Å². The van der Waals surface area contributed by atoms with Gasteiger partial charge >= 0.3 is 0 Å². The molecule has 90 valence electrons. The van der Waals surface area contributed by atoms with Crippen molar-refractivity contribution in [2.75, 3.05) is 13.2 Å². The summed E-state index contributed by atoms with van der Waals surface area (Å²) < 4.78 is 18.4. The number of carbonyl (C=O) groups is 1. The molecule has 1 aromatic rings.